The standard InChI is InChI=1S/C16H24N2O2/c1-19-14-5-6-16(20-2)13(8-14)11-18-7-3-4-12-9-17-10-15(12)18/h5-6,8,12,15,17H,3-4,7,9-11H2,1-2H3. The van der Waals surface area contributed by atoms with Gasteiger partial charge in [0.2, 0.25) is 0 Å². The minimum atomic E-state index is 0.680. The number of likely N-dealkylation sites (tertiary alicyclic amines) is 1. The van der Waals surface area contributed by atoms with Crippen molar-refractivity contribution in [1.82, 2.24) is 10.2 Å². The van der Waals surface area contributed by atoms with E-state index in [2.05, 4.69) is 16.3 Å². The summed E-state index contributed by atoms with van der Waals surface area (Å²) >= 11 is 0. The van der Waals surface area contributed by atoms with Gasteiger partial charge in [-0.25, -0.2) is 0 Å². The van der Waals surface area contributed by atoms with E-state index in [1.165, 1.54) is 31.5 Å². The number of ether oxygens (including phenoxy) is 2. The maximum Gasteiger partial charge on any atom is 0.123 e. The Morgan fingerprint density at radius 1 is 1.25 bits per heavy atom. The molecule has 0 aromatic heterocycles. The van der Waals surface area contributed by atoms with Gasteiger partial charge in [-0.3, -0.25) is 4.90 Å². The lowest BCUT2D eigenvalue weighted by molar-refractivity contribution is 0.116. The molecule has 0 amide bonds. The highest BCUT2D eigenvalue weighted by atomic mass is 16.5. The van der Waals surface area contributed by atoms with Crippen molar-refractivity contribution < 1.29 is 9.47 Å². The molecule has 2 fully saturated rings. The van der Waals surface area contributed by atoms with Crippen LogP contribution in [0.15, 0.2) is 18.2 Å². The first-order valence-electron chi connectivity index (χ1n) is 7.47. The SMILES string of the molecule is COc1ccc(OC)c(CN2CCCC3CNCC32)c1. The summed E-state index contributed by atoms with van der Waals surface area (Å²) in [6, 6.07) is 6.74. The lowest BCUT2D eigenvalue weighted by Gasteiger charge is -2.37. The van der Waals surface area contributed by atoms with Crippen molar-refractivity contribution in [2.75, 3.05) is 33.9 Å². The molecule has 2 unspecified atom stereocenters. The summed E-state index contributed by atoms with van der Waals surface area (Å²) in [5, 5.41) is 3.53. The molecule has 2 aliphatic heterocycles. The van der Waals surface area contributed by atoms with Crippen molar-refractivity contribution in [2.45, 2.75) is 25.4 Å². The highest BCUT2D eigenvalue weighted by Crippen LogP contribution is 2.31. The minimum Gasteiger partial charge on any atom is -0.497 e. The Balaban J connectivity index is 1.79. The number of rotatable bonds is 4. The third-order valence-corrected chi connectivity index (χ3v) is 4.65. The molecule has 2 saturated heterocycles. The zero-order chi connectivity index (χ0) is 13.9. The van der Waals surface area contributed by atoms with E-state index in [0.29, 0.717) is 6.04 Å². The summed E-state index contributed by atoms with van der Waals surface area (Å²) in [5.41, 5.74) is 1.22. The zero-order valence-electron chi connectivity index (χ0n) is 12.4. The molecule has 2 atom stereocenters. The van der Waals surface area contributed by atoms with Crippen molar-refractivity contribution in [3.8, 4) is 11.5 Å². The number of hydrogen-bond donors (Lipinski definition) is 1. The lowest BCUT2D eigenvalue weighted by atomic mass is 9.91. The van der Waals surface area contributed by atoms with Gasteiger partial charge >= 0.3 is 0 Å². The predicted octanol–water partition coefficient (Wildman–Crippen LogP) is 1.89. The molecule has 20 heavy (non-hydrogen) atoms. The number of piperidine rings is 1. The fraction of sp³-hybridized carbons (Fsp3) is 0.625. The fourth-order valence-electron chi connectivity index (χ4n) is 3.58. The molecule has 0 bridgehead atoms. The van der Waals surface area contributed by atoms with E-state index in [9.17, 15) is 0 Å². The number of methoxy groups -OCH3 is 2. The van der Waals surface area contributed by atoms with Crippen LogP contribution >= 0.6 is 0 Å². The molecular formula is C16H24N2O2. The lowest BCUT2D eigenvalue weighted by Crippen LogP contribution is -2.44. The second-order valence-corrected chi connectivity index (χ2v) is 5.78. The molecular weight excluding hydrogens is 252 g/mol. The summed E-state index contributed by atoms with van der Waals surface area (Å²) in [4.78, 5) is 2.60. The Morgan fingerprint density at radius 3 is 2.95 bits per heavy atom. The normalized spacial score (nSPS) is 26.3. The molecule has 0 radical (unpaired) electrons. The van der Waals surface area contributed by atoms with Gasteiger partial charge in [0.05, 0.1) is 14.2 Å². The van der Waals surface area contributed by atoms with Crippen LogP contribution < -0.4 is 14.8 Å². The van der Waals surface area contributed by atoms with E-state index in [1.807, 2.05) is 12.1 Å². The van der Waals surface area contributed by atoms with Crippen LogP contribution in [-0.2, 0) is 6.54 Å². The van der Waals surface area contributed by atoms with Gasteiger partial charge < -0.3 is 14.8 Å². The second kappa shape index (κ2) is 6.02. The van der Waals surface area contributed by atoms with Crippen LogP contribution in [0.2, 0.25) is 0 Å². The zero-order valence-corrected chi connectivity index (χ0v) is 12.4. The van der Waals surface area contributed by atoms with Gasteiger partial charge in [-0.2, -0.15) is 0 Å². The minimum absolute atomic E-state index is 0.680. The molecule has 4 heteroatoms. The summed E-state index contributed by atoms with van der Waals surface area (Å²) in [6.45, 7) is 4.43. The molecule has 1 aromatic rings. The number of fused-ring (bicyclic) bond motifs is 1. The van der Waals surface area contributed by atoms with Crippen LogP contribution in [0.3, 0.4) is 0 Å². The molecule has 4 nitrogen and oxygen atoms in total. The van der Waals surface area contributed by atoms with Crippen LogP contribution in [0, 0.1) is 5.92 Å². The first kappa shape index (κ1) is 13.7. The third-order valence-electron chi connectivity index (χ3n) is 4.65. The number of hydrogen-bond acceptors (Lipinski definition) is 4. The van der Waals surface area contributed by atoms with Gasteiger partial charge in [-0.1, -0.05) is 0 Å². The Bertz CT molecular complexity index is 464. The maximum atomic E-state index is 5.50. The van der Waals surface area contributed by atoms with E-state index >= 15 is 0 Å². The second-order valence-electron chi connectivity index (χ2n) is 5.78. The molecule has 110 valence electrons. The van der Waals surface area contributed by atoms with E-state index in [4.69, 9.17) is 9.47 Å². The Morgan fingerprint density at radius 2 is 2.15 bits per heavy atom. The first-order chi connectivity index (χ1) is 9.81. The van der Waals surface area contributed by atoms with Crippen molar-refractivity contribution in [2.24, 2.45) is 5.92 Å². The molecule has 2 heterocycles. The summed E-state index contributed by atoms with van der Waals surface area (Å²) in [6.07, 6.45) is 2.67. The summed E-state index contributed by atoms with van der Waals surface area (Å²) < 4.78 is 10.8. The molecule has 3 rings (SSSR count). The average molecular weight is 276 g/mol. The quantitative estimate of drug-likeness (QED) is 0.910. The number of nitrogens with zero attached hydrogens (tertiary/aromatic N) is 1. The molecule has 2 aliphatic rings. The monoisotopic (exact) mass is 276 g/mol. The van der Waals surface area contributed by atoms with Crippen LogP contribution in [0.5, 0.6) is 11.5 Å². The van der Waals surface area contributed by atoms with Crippen LogP contribution in [0.1, 0.15) is 18.4 Å². The molecule has 0 saturated carbocycles. The van der Waals surface area contributed by atoms with Gasteiger partial charge in [-0.15, -0.1) is 0 Å². The Labute approximate surface area is 121 Å². The van der Waals surface area contributed by atoms with E-state index < -0.39 is 0 Å². The van der Waals surface area contributed by atoms with Gasteiger partial charge in [0.1, 0.15) is 11.5 Å². The van der Waals surface area contributed by atoms with Gasteiger partial charge in [-0.05, 0) is 50.0 Å². The van der Waals surface area contributed by atoms with Crippen molar-refractivity contribution >= 4 is 0 Å². The third kappa shape index (κ3) is 2.63. The smallest absolute Gasteiger partial charge is 0.123 e. The molecule has 0 spiro atoms. The predicted molar refractivity (Wildman–Crippen MR) is 79.3 cm³/mol. The van der Waals surface area contributed by atoms with Crippen LogP contribution in [-0.4, -0.2) is 44.8 Å². The van der Waals surface area contributed by atoms with Crippen LogP contribution in [0.4, 0.5) is 0 Å². The van der Waals surface area contributed by atoms with Crippen molar-refractivity contribution in [3.05, 3.63) is 23.8 Å². The molecule has 1 N–H and O–H groups in total. The number of benzene rings is 1. The Hall–Kier alpha value is -1.26. The van der Waals surface area contributed by atoms with E-state index in [1.54, 1.807) is 14.2 Å². The van der Waals surface area contributed by atoms with E-state index in [0.717, 1.165) is 30.5 Å². The topological polar surface area (TPSA) is 33.7 Å². The largest absolute Gasteiger partial charge is 0.497 e. The average Bonchev–Trinajstić information content (AvgIpc) is 2.96. The van der Waals surface area contributed by atoms with Crippen molar-refractivity contribution in [1.29, 1.82) is 0 Å². The number of nitrogens with one attached hydrogen (secondary N) is 1. The van der Waals surface area contributed by atoms with Crippen LogP contribution in [0.25, 0.3) is 0 Å². The Kier molecular flexibility index (Phi) is 4.13. The van der Waals surface area contributed by atoms with Gasteiger partial charge in [0, 0.05) is 24.7 Å². The highest BCUT2D eigenvalue weighted by molar-refractivity contribution is 5.40. The molecule has 0 aliphatic carbocycles. The van der Waals surface area contributed by atoms with Gasteiger partial charge in [0.25, 0.3) is 0 Å². The van der Waals surface area contributed by atoms with Crippen molar-refractivity contribution in [3.63, 3.8) is 0 Å². The maximum absolute atomic E-state index is 5.50. The summed E-state index contributed by atoms with van der Waals surface area (Å²) in [5.74, 6) is 2.68. The summed E-state index contributed by atoms with van der Waals surface area (Å²) in [7, 11) is 3.45. The highest BCUT2D eigenvalue weighted by Gasteiger charge is 2.35. The molecule has 1 aromatic carbocycles. The fourth-order valence-corrected chi connectivity index (χ4v) is 3.58. The van der Waals surface area contributed by atoms with E-state index in [-0.39, 0.29) is 0 Å². The van der Waals surface area contributed by atoms with Gasteiger partial charge in [0.15, 0.2) is 0 Å². The first-order valence-corrected chi connectivity index (χ1v) is 7.47.